The van der Waals surface area contributed by atoms with Gasteiger partial charge in [-0.15, -0.1) is 0 Å². The maximum atomic E-state index is 11.1. The average Bonchev–Trinajstić information content (AvgIpc) is 2.65. The van der Waals surface area contributed by atoms with Gasteiger partial charge in [0.05, 0.1) is 0 Å². The predicted octanol–water partition coefficient (Wildman–Crippen LogP) is 2.32. The molecule has 0 saturated carbocycles. The lowest BCUT2D eigenvalue weighted by molar-refractivity contribution is 0.298. The number of halogens is 2. The Morgan fingerprint density at radius 1 is 1.25 bits per heavy atom. The third-order valence-electron chi connectivity index (χ3n) is 1.79. The molecule has 0 saturated heterocycles. The molecule has 16 heavy (non-hydrogen) atoms. The van der Waals surface area contributed by atoms with Crippen LogP contribution in [0.1, 0.15) is 0 Å². The van der Waals surface area contributed by atoms with Crippen molar-refractivity contribution in [1.29, 1.82) is 0 Å². The van der Waals surface area contributed by atoms with E-state index in [4.69, 9.17) is 22.3 Å². The molecule has 0 N–H and O–H groups in total. The molecule has 8 heteroatoms. The summed E-state index contributed by atoms with van der Waals surface area (Å²) >= 11 is 5.77. The zero-order chi connectivity index (χ0) is 11.8. The summed E-state index contributed by atoms with van der Waals surface area (Å²) < 4.78 is 26.6. The third kappa shape index (κ3) is 2.18. The van der Waals surface area contributed by atoms with Crippen molar-refractivity contribution < 1.29 is 13.0 Å². The van der Waals surface area contributed by atoms with Gasteiger partial charge in [-0.25, -0.2) is 13.0 Å². The minimum atomic E-state index is -3.99. The van der Waals surface area contributed by atoms with Gasteiger partial charge in [-0.1, -0.05) is 23.7 Å². The molecule has 2 aromatic rings. The van der Waals surface area contributed by atoms with Crippen molar-refractivity contribution in [2.24, 2.45) is 0 Å². The molecule has 0 aliphatic carbocycles. The van der Waals surface area contributed by atoms with E-state index in [1.807, 2.05) is 0 Å². The Labute approximate surface area is 100 Å². The van der Waals surface area contributed by atoms with Crippen LogP contribution in [-0.4, -0.2) is 18.7 Å². The zero-order valence-corrected chi connectivity index (χ0v) is 9.92. The van der Waals surface area contributed by atoms with Gasteiger partial charge in [0.15, 0.2) is 5.69 Å². The second kappa shape index (κ2) is 4.04. The van der Waals surface area contributed by atoms with Gasteiger partial charge in [-0.05, 0) is 22.4 Å². The van der Waals surface area contributed by atoms with Gasteiger partial charge in [0.25, 0.3) is 9.05 Å². The van der Waals surface area contributed by atoms with Crippen LogP contribution in [0.25, 0.3) is 11.3 Å². The van der Waals surface area contributed by atoms with E-state index in [0.29, 0.717) is 10.6 Å². The lowest BCUT2D eigenvalue weighted by Gasteiger charge is -1.97. The lowest BCUT2D eigenvalue weighted by atomic mass is 10.2. The first kappa shape index (κ1) is 11.4. The molecule has 0 radical (unpaired) electrons. The monoisotopic (exact) mass is 278 g/mol. The van der Waals surface area contributed by atoms with Crippen LogP contribution in [0.3, 0.4) is 0 Å². The summed E-state index contributed by atoms with van der Waals surface area (Å²) in [7, 11) is 1.18. The van der Waals surface area contributed by atoms with E-state index in [-0.39, 0.29) is 5.69 Å². The smallest absolute Gasteiger partial charge is 0.243 e. The van der Waals surface area contributed by atoms with Crippen LogP contribution in [-0.2, 0) is 9.05 Å². The standard InChI is InChI=1S/C8H4Cl2N2O3S/c9-6-3-1-2-5(4-6)7-8(12-15-11-7)16(10,13)14/h1-4H. The molecule has 0 fully saturated rings. The normalized spacial score (nSPS) is 11.6. The molecule has 2 rings (SSSR count). The Balaban J connectivity index is 2.62. The van der Waals surface area contributed by atoms with Gasteiger partial charge in [-0.2, -0.15) is 0 Å². The van der Waals surface area contributed by atoms with E-state index in [9.17, 15) is 8.42 Å². The minimum absolute atomic E-state index is 0.0394. The van der Waals surface area contributed by atoms with Gasteiger partial charge >= 0.3 is 0 Å². The van der Waals surface area contributed by atoms with Gasteiger partial charge in [0, 0.05) is 21.3 Å². The van der Waals surface area contributed by atoms with Gasteiger partial charge < -0.3 is 0 Å². The first-order valence-electron chi connectivity index (χ1n) is 4.01. The Bertz CT molecular complexity index is 624. The lowest BCUT2D eigenvalue weighted by Crippen LogP contribution is -1.94. The molecule has 0 atom stereocenters. The molecular formula is C8H4Cl2N2O3S. The van der Waals surface area contributed by atoms with Crippen molar-refractivity contribution in [3.05, 3.63) is 29.3 Å². The second-order valence-corrected chi connectivity index (χ2v) is 5.78. The fourth-order valence-electron chi connectivity index (χ4n) is 1.15. The summed E-state index contributed by atoms with van der Waals surface area (Å²) in [5.41, 5.74) is 0.505. The van der Waals surface area contributed by atoms with Gasteiger partial charge in [0.1, 0.15) is 0 Å². The number of hydrogen-bond donors (Lipinski definition) is 0. The maximum absolute atomic E-state index is 11.1. The van der Waals surface area contributed by atoms with Crippen LogP contribution in [0, 0.1) is 0 Å². The molecule has 0 amide bonds. The van der Waals surface area contributed by atoms with E-state index >= 15 is 0 Å². The first-order chi connectivity index (χ1) is 7.48. The largest absolute Gasteiger partial charge is 0.284 e. The SMILES string of the molecule is O=S(=O)(Cl)c1nonc1-c1cccc(Cl)c1. The Hall–Kier alpha value is -1.11. The number of nitrogens with zero attached hydrogens (tertiary/aromatic N) is 2. The summed E-state index contributed by atoms with van der Waals surface area (Å²) in [6.07, 6.45) is 0. The van der Waals surface area contributed by atoms with Crippen LogP contribution in [0.2, 0.25) is 5.02 Å². The Morgan fingerprint density at radius 3 is 2.62 bits per heavy atom. The minimum Gasteiger partial charge on any atom is -0.243 e. The number of benzene rings is 1. The summed E-state index contributed by atoms with van der Waals surface area (Å²) in [6.45, 7) is 0. The van der Waals surface area contributed by atoms with Gasteiger partial charge in [-0.3, -0.25) is 0 Å². The molecule has 5 nitrogen and oxygen atoms in total. The van der Waals surface area contributed by atoms with E-state index in [1.165, 1.54) is 6.07 Å². The molecule has 0 aliphatic rings. The van der Waals surface area contributed by atoms with E-state index in [2.05, 4.69) is 14.9 Å². The molecule has 1 aromatic heterocycles. The van der Waals surface area contributed by atoms with Crippen molar-refractivity contribution in [1.82, 2.24) is 10.3 Å². The Kier molecular flexibility index (Phi) is 2.88. The average molecular weight is 279 g/mol. The summed E-state index contributed by atoms with van der Waals surface area (Å²) in [4.78, 5) is 0. The van der Waals surface area contributed by atoms with Crippen molar-refractivity contribution in [2.75, 3.05) is 0 Å². The molecule has 0 spiro atoms. The van der Waals surface area contributed by atoms with E-state index < -0.39 is 14.1 Å². The van der Waals surface area contributed by atoms with Crippen LogP contribution >= 0.6 is 22.3 Å². The molecule has 1 aromatic carbocycles. The fourth-order valence-corrected chi connectivity index (χ4v) is 2.16. The molecule has 0 unspecified atom stereocenters. The summed E-state index contributed by atoms with van der Waals surface area (Å²) in [5, 5.41) is 6.75. The quantitative estimate of drug-likeness (QED) is 0.789. The van der Waals surface area contributed by atoms with Crippen LogP contribution in [0.5, 0.6) is 0 Å². The zero-order valence-electron chi connectivity index (χ0n) is 7.59. The fraction of sp³-hybridized carbons (Fsp3) is 0. The maximum Gasteiger partial charge on any atom is 0.284 e. The second-order valence-electron chi connectivity index (χ2n) is 2.87. The molecular weight excluding hydrogens is 275 g/mol. The van der Waals surface area contributed by atoms with Crippen LogP contribution < -0.4 is 0 Å². The number of rotatable bonds is 2. The summed E-state index contributed by atoms with van der Waals surface area (Å²) in [6, 6.07) is 6.45. The van der Waals surface area contributed by atoms with E-state index in [0.717, 1.165) is 0 Å². The topological polar surface area (TPSA) is 73.1 Å². The summed E-state index contributed by atoms with van der Waals surface area (Å²) in [5.74, 6) is 0. The Morgan fingerprint density at radius 2 is 2.00 bits per heavy atom. The van der Waals surface area contributed by atoms with Crippen molar-refractivity contribution in [3.63, 3.8) is 0 Å². The van der Waals surface area contributed by atoms with Crippen molar-refractivity contribution in [3.8, 4) is 11.3 Å². The van der Waals surface area contributed by atoms with Crippen LogP contribution in [0.15, 0.2) is 33.9 Å². The highest BCUT2D eigenvalue weighted by molar-refractivity contribution is 8.13. The predicted molar refractivity (Wildman–Crippen MR) is 57.8 cm³/mol. The van der Waals surface area contributed by atoms with Crippen molar-refractivity contribution in [2.45, 2.75) is 5.03 Å². The van der Waals surface area contributed by atoms with Crippen LogP contribution in [0.4, 0.5) is 0 Å². The molecule has 0 aliphatic heterocycles. The van der Waals surface area contributed by atoms with E-state index in [1.54, 1.807) is 18.2 Å². The highest BCUT2D eigenvalue weighted by Crippen LogP contribution is 2.27. The first-order valence-corrected chi connectivity index (χ1v) is 6.70. The molecule has 1 heterocycles. The highest BCUT2D eigenvalue weighted by atomic mass is 35.7. The third-order valence-corrected chi connectivity index (χ3v) is 3.19. The number of aromatic nitrogens is 2. The number of hydrogen-bond acceptors (Lipinski definition) is 5. The van der Waals surface area contributed by atoms with Gasteiger partial charge in [0.2, 0.25) is 5.03 Å². The molecule has 0 bridgehead atoms. The highest BCUT2D eigenvalue weighted by Gasteiger charge is 2.23. The molecule has 84 valence electrons. The van der Waals surface area contributed by atoms with Crippen molar-refractivity contribution >= 4 is 31.3 Å².